The Balaban J connectivity index is 0.990. The summed E-state index contributed by atoms with van der Waals surface area (Å²) < 4.78 is 84.5. The van der Waals surface area contributed by atoms with Crippen molar-refractivity contribution in [2.75, 3.05) is 132 Å². The van der Waals surface area contributed by atoms with Crippen LogP contribution in [-0.2, 0) is 106 Å². The molecule has 0 aliphatic carbocycles. The highest BCUT2D eigenvalue weighted by molar-refractivity contribution is 4.94. The van der Waals surface area contributed by atoms with Crippen molar-refractivity contribution in [1.29, 1.82) is 0 Å². The summed E-state index contributed by atoms with van der Waals surface area (Å²) >= 11 is 0. The van der Waals surface area contributed by atoms with Gasteiger partial charge in [0.2, 0.25) is 0 Å². The van der Waals surface area contributed by atoms with Crippen LogP contribution in [0.3, 0.4) is 0 Å². The lowest BCUT2D eigenvalue weighted by atomic mass is 9.92. The van der Waals surface area contributed by atoms with Gasteiger partial charge in [0.25, 0.3) is 0 Å². The summed E-state index contributed by atoms with van der Waals surface area (Å²) in [6.07, 6.45) is -15.8. The molecule has 6 rings (SSSR count). The second-order valence-electron chi connectivity index (χ2n) is 19.9. The van der Waals surface area contributed by atoms with Crippen molar-refractivity contribution in [2.45, 2.75) is 132 Å². The number of hydrogen-bond donors (Lipinski definition) is 13. The summed E-state index contributed by atoms with van der Waals surface area (Å²) in [5, 5.41) is 144. The van der Waals surface area contributed by atoms with Gasteiger partial charge in [0, 0.05) is 6.54 Å². The van der Waals surface area contributed by atoms with E-state index in [4.69, 9.17) is 72.0 Å². The van der Waals surface area contributed by atoms with E-state index in [0.717, 1.165) is 0 Å². The molecule has 3 saturated heterocycles. The third-order valence-electron chi connectivity index (χ3n) is 13.2. The molecule has 0 saturated carbocycles. The smallest absolute Gasteiger partial charge is 0.186 e. The van der Waals surface area contributed by atoms with Gasteiger partial charge in [-0.15, -0.1) is 15.3 Å². The fraction of sp³-hybridized carbons (Fsp3) is 0.875. The number of rotatable bonds is 43. The zero-order valence-corrected chi connectivity index (χ0v) is 46.5. The highest BCUT2D eigenvalue weighted by atomic mass is 16.7. The van der Waals surface area contributed by atoms with Gasteiger partial charge in [0.15, 0.2) is 18.9 Å². The Hall–Kier alpha value is -3.66. The third-order valence-corrected chi connectivity index (χ3v) is 13.2. The van der Waals surface area contributed by atoms with Crippen LogP contribution in [0.25, 0.3) is 0 Å². The summed E-state index contributed by atoms with van der Waals surface area (Å²) in [5.41, 5.74) is 6.14. The zero-order valence-electron chi connectivity index (χ0n) is 46.5. The van der Waals surface area contributed by atoms with E-state index in [2.05, 4.69) is 30.9 Å². The number of aromatic nitrogens is 9. The van der Waals surface area contributed by atoms with Crippen LogP contribution in [-0.4, -0.2) is 330 Å². The second-order valence-corrected chi connectivity index (χ2v) is 19.9. The quantitative estimate of drug-likeness (QED) is 0.0234. The first-order chi connectivity index (χ1) is 40.7. The lowest BCUT2D eigenvalue weighted by molar-refractivity contribution is -0.302. The molecule has 0 spiro atoms. The van der Waals surface area contributed by atoms with Gasteiger partial charge >= 0.3 is 0 Å². The highest BCUT2D eigenvalue weighted by Crippen LogP contribution is 2.26. The molecular weight excluding hydrogens is 1130 g/mol. The van der Waals surface area contributed by atoms with E-state index in [0.29, 0.717) is 49.9 Å². The lowest BCUT2D eigenvalue weighted by Gasteiger charge is -2.39. The minimum absolute atomic E-state index is 0.0241. The number of hydrogen-bond acceptors (Lipinski definition) is 33. The molecule has 36 heteroatoms. The van der Waals surface area contributed by atoms with Crippen LogP contribution in [0.4, 0.5) is 0 Å². The van der Waals surface area contributed by atoms with E-state index in [1.807, 2.05) is 0 Å². The van der Waals surface area contributed by atoms with Crippen molar-refractivity contribution >= 4 is 0 Å². The molecule has 3 aromatic rings. The molecule has 0 unspecified atom stereocenters. The molecule has 3 fully saturated rings. The topological polar surface area (TPSA) is 490 Å². The van der Waals surface area contributed by atoms with Crippen molar-refractivity contribution in [3.63, 3.8) is 0 Å². The first kappa shape index (κ1) is 69.4. The average Bonchev–Trinajstić information content (AvgIpc) is 4.44. The SMILES string of the molecule is NCCOCCOCC(COCc1cn(CCOCCO[C@@H]2O[C@H](CO)[C@@H](O)[C@H](O)[C@H]2O)nn1)(COCc1cn(CCOCCO[C@@H]2O[C@H](CO)[C@@H](O)[C@H](O)[C@H]2O)nn1)COCc1cn(CCOCCO[C@@H]2O[C@H](CO)[C@@H](O)[C@H](O)[C@H]2O)nn1. The average molecular weight is 1220 g/mol. The van der Waals surface area contributed by atoms with Crippen LogP contribution in [0, 0.1) is 5.41 Å². The molecular formula is C48H84N10O26. The minimum atomic E-state index is -1.56. The molecule has 84 heavy (non-hydrogen) atoms. The molecule has 6 heterocycles. The van der Waals surface area contributed by atoms with E-state index in [1.54, 1.807) is 32.6 Å². The number of aliphatic hydroxyl groups excluding tert-OH is 12. The number of nitrogens with two attached hydrogens (primary N) is 1. The molecule has 15 atom stereocenters. The Morgan fingerprint density at radius 2 is 0.679 bits per heavy atom. The molecule has 0 bridgehead atoms. The molecule has 0 aromatic carbocycles. The Morgan fingerprint density at radius 1 is 0.381 bits per heavy atom. The molecule has 14 N–H and O–H groups in total. The molecule has 0 amide bonds. The molecule has 3 aliphatic rings. The van der Waals surface area contributed by atoms with Gasteiger partial charge < -0.3 is 133 Å². The van der Waals surface area contributed by atoms with Crippen LogP contribution in [0.5, 0.6) is 0 Å². The Kier molecular flexibility index (Phi) is 30.8. The maximum atomic E-state index is 10.2. The summed E-state index contributed by atoms with van der Waals surface area (Å²) in [7, 11) is 0. The maximum absolute atomic E-state index is 10.2. The van der Waals surface area contributed by atoms with Gasteiger partial charge in [-0.25, -0.2) is 14.0 Å². The van der Waals surface area contributed by atoms with E-state index < -0.39 is 117 Å². The van der Waals surface area contributed by atoms with Crippen molar-refractivity contribution < 1.29 is 128 Å². The van der Waals surface area contributed by atoms with Crippen LogP contribution in [0.15, 0.2) is 18.6 Å². The standard InChI is InChI=1S/C48H84N10O26/c49-1-5-71-9-10-75-26-48(27-76-23-30-17-56(53-50-30)2-6-72-11-14-79-45-42(68)39(65)36(62)33(20-59)82-45,28-77-24-31-18-57(54-51-31)3-7-73-12-15-80-46-43(69)40(66)37(63)34(21-60)83-46)29-78-25-32-19-58(55-52-32)4-8-74-13-16-81-47-44(70)41(67)38(64)35(22-61)84-47/h17-19,33-47,59-70H,1-16,20-29,49H2/t33-,34-,35-,36-,37-,38-,39+,40+,41+,42-,43-,44-,45-,46-,47-/m1/s1. The monoisotopic (exact) mass is 1220 g/mol. The van der Waals surface area contributed by atoms with Crippen LogP contribution < -0.4 is 5.73 Å². The molecule has 482 valence electrons. The first-order valence-corrected chi connectivity index (χ1v) is 27.4. The van der Waals surface area contributed by atoms with Crippen molar-refractivity contribution in [1.82, 2.24) is 45.0 Å². The predicted octanol–water partition coefficient (Wildman–Crippen LogP) is -9.11. The Labute approximate surface area is 482 Å². The summed E-state index contributed by atoms with van der Waals surface area (Å²) in [5.74, 6) is 0. The minimum Gasteiger partial charge on any atom is -0.394 e. The normalized spacial score (nSPS) is 28.6. The van der Waals surface area contributed by atoms with Gasteiger partial charge in [-0.05, 0) is 0 Å². The fourth-order valence-corrected chi connectivity index (χ4v) is 8.57. The van der Waals surface area contributed by atoms with E-state index in [9.17, 15) is 61.3 Å². The summed E-state index contributed by atoms with van der Waals surface area (Å²) in [4.78, 5) is 0. The highest BCUT2D eigenvalue weighted by Gasteiger charge is 2.46. The number of aliphatic hydroxyl groups is 12. The van der Waals surface area contributed by atoms with E-state index in [1.165, 1.54) is 0 Å². The first-order valence-electron chi connectivity index (χ1n) is 27.4. The predicted molar refractivity (Wildman–Crippen MR) is 274 cm³/mol. The van der Waals surface area contributed by atoms with Crippen LogP contribution in [0.2, 0.25) is 0 Å². The van der Waals surface area contributed by atoms with Crippen molar-refractivity contribution in [3.05, 3.63) is 35.7 Å². The van der Waals surface area contributed by atoms with Gasteiger partial charge in [-0.1, -0.05) is 15.6 Å². The second kappa shape index (κ2) is 37.2. The zero-order chi connectivity index (χ0) is 60.3. The number of nitrogens with zero attached hydrogens (tertiary/aromatic N) is 9. The van der Waals surface area contributed by atoms with E-state index in [-0.39, 0.29) is 119 Å². The van der Waals surface area contributed by atoms with Gasteiger partial charge in [0.05, 0.1) is 189 Å². The Morgan fingerprint density at radius 3 is 1.00 bits per heavy atom. The van der Waals surface area contributed by atoms with E-state index >= 15 is 0 Å². The Bertz CT molecular complexity index is 1980. The van der Waals surface area contributed by atoms with Gasteiger partial charge in [0.1, 0.15) is 90.3 Å². The van der Waals surface area contributed by atoms with Gasteiger partial charge in [-0.3, -0.25) is 0 Å². The fourth-order valence-electron chi connectivity index (χ4n) is 8.57. The van der Waals surface area contributed by atoms with Crippen molar-refractivity contribution in [3.8, 4) is 0 Å². The molecule has 36 nitrogen and oxygen atoms in total. The lowest BCUT2D eigenvalue weighted by Crippen LogP contribution is -2.59. The largest absolute Gasteiger partial charge is 0.394 e. The number of ether oxygens (including phenoxy) is 14. The molecule has 3 aromatic heterocycles. The molecule has 3 aliphatic heterocycles. The van der Waals surface area contributed by atoms with Crippen LogP contribution >= 0.6 is 0 Å². The summed E-state index contributed by atoms with van der Waals surface area (Å²) in [6, 6.07) is 0. The molecule has 0 radical (unpaired) electrons. The maximum Gasteiger partial charge on any atom is 0.186 e. The van der Waals surface area contributed by atoms with Gasteiger partial charge in [-0.2, -0.15) is 0 Å². The third kappa shape index (κ3) is 21.9. The van der Waals surface area contributed by atoms with Crippen LogP contribution in [0.1, 0.15) is 17.1 Å². The summed E-state index contributed by atoms with van der Waals surface area (Å²) in [6.45, 7) is 1.42. The van der Waals surface area contributed by atoms with Crippen molar-refractivity contribution in [2.24, 2.45) is 11.1 Å².